The molecule has 0 atom stereocenters. The molecule has 0 aliphatic carbocycles. The molecule has 0 aliphatic heterocycles. The molecule has 0 unspecified atom stereocenters. The van der Waals surface area contributed by atoms with Crippen molar-refractivity contribution in [1.29, 1.82) is 0 Å². The molecule has 0 saturated heterocycles. The van der Waals surface area contributed by atoms with Crippen LogP contribution in [0.2, 0.25) is 0 Å². The third-order valence-electron chi connectivity index (χ3n) is 2.38. The summed E-state index contributed by atoms with van der Waals surface area (Å²) in [6.45, 7) is 1.94. The number of hydrogen-bond donors (Lipinski definition) is 0. The van der Waals surface area contributed by atoms with E-state index in [1.54, 1.807) is 48.5 Å². The van der Waals surface area contributed by atoms with E-state index in [1.165, 1.54) is 0 Å². The summed E-state index contributed by atoms with van der Waals surface area (Å²) in [6.07, 6.45) is 1.13. The maximum Gasteiger partial charge on any atom is 3.00 e. The summed E-state index contributed by atoms with van der Waals surface area (Å²) < 4.78 is 0. The van der Waals surface area contributed by atoms with Gasteiger partial charge in [-0.3, -0.25) is 0 Å². The van der Waals surface area contributed by atoms with Crippen LogP contribution in [0.4, 0.5) is 0 Å². The molecule has 141 valence electrons. The summed E-state index contributed by atoms with van der Waals surface area (Å²) in [4.78, 5) is 41.3. The number of ketones is 2. The van der Waals surface area contributed by atoms with Crippen LogP contribution in [0, 0.1) is 47.3 Å². The van der Waals surface area contributed by atoms with Crippen LogP contribution >= 0.6 is 0 Å². The summed E-state index contributed by atoms with van der Waals surface area (Å²) in [5.74, 6) is -2.70. The van der Waals surface area contributed by atoms with E-state index < -0.39 is 11.9 Å². The van der Waals surface area contributed by atoms with Crippen molar-refractivity contribution < 1.29 is 75.7 Å². The SMILES string of the molecule is CC(=O)[O-].CC(=O)[O-].O=C([CH-]C(=O)c1ccccc1)c1ccccc1.[Nd+3].[OH3+]. The number of carbonyl (C=O) groups excluding carboxylic acids is 4. The monoisotopic (exact) mass is 502 g/mol. The van der Waals surface area contributed by atoms with E-state index in [9.17, 15) is 9.59 Å². The summed E-state index contributed by atoms with van der Waals surface area (Å²) >= 11 is 0. The number of carboxylic acids is 2. The average molecular weight is 505 g/mol. The Labute approximate surface area is 190 Å². The smallest absolute Gasteiger partial charge is 0.550 e. The molecular weight excluding hydrogens is 484 g/mol. The quantitative estimate of drug-likeness (QED) is 0.238. The van der Waals surface area contributed by atoms with Crippen molar-refractivity contribution in [2.45, 2.75) is 13.8 Å². The van der Waals surface area contributed by atoms with E-state index in [0.29, 0.717) is 11.1 Å². The molecule has 2 rings (SSSR count). The molecule has 0 saturated carbocycles. The first kappa shape index (κ1) is 29.7. The van der Waals surface area contributed by atoms with Crippen LogP contribution in [0.5, 0.6) is 0 Å². The summed E-state index contributed by atoms with van der Waals surface area (Å²) in [5, 5.41) is 17.8. The topological polar surface area (TPSA) is 147 Å². The fourth-order valence-electron chi connectivity index (χ4n) is 1.49. The van der Waals surface area contributed by atoms with E-state index in [1.807, 2.05) is 12.1 Å². The van der Waals surface area contributed by atoms with Crippen LogP contribution < -0.4 is 10.2 Å². The zero-order valence-corrected chi connectivity index (χ0v) is 18.1. The van der Waals surface area contributed by atoms with Crippen molar-refractivity contribution in [3.05, 3.63) is 78.2 Å². The van der Waals surface area contributed by atoms with Crippen LogP contribution in [0.25, 0.3) is 0 Å². The molecule has 1 radical (unpaired) electrons. The second kappa shape index (κ2) is 17.3. The standard InChI is InChI=1S/C15H11O2.2C2H4O2.Nd.H2O/c16-14(12-7-3-1-4-8-12)11-15(17)13-9-5-2-6-10-13;2*1-2(3)4;;/h1-11H;2*1H3,(H,3,4);;1H2/q-1;;;+3;/p-1. The molecule has 0 fully saturated rings. The van der Waals surface area contributed by atoms with Gasteiger partial charge in [-0.1, -0.05) is 53.9 Å². The fourth-order valence-corrected chi connectivity index (χ4v) is 1.49. The van der Waals surface area contributed by atoms with Crippen LogP contribution in [-0.4, -0.2) is 23.5 Å². The fraction of sp³-hybridized carbons (Fsp3) is 0.105. The minimum Gasteiger partial charge on any atom is -0.550 e. The average Bonchev–Trinajstić information content (AvgIpc) is 2.55. The van der Waals surface area contributed by atoms with Gasteiger partial charge in [-0.25, -0.2) is 0 Å². The number of aliphatic carboxylic acids is 2. The van der Waals surface area contributed by atoms with E-state index in [2.05, 4.69) is 0 Å². The van der Waals surface area contributed by atoms with Gasteiger partial charge in [0.25, 0.3) is 0 Å². The first-order valence-corrected chi connectivity index (χ1v) is 7.12. The summed E-state index contributed by atoms with van der Waals surface area (Å²) in [6, 6.07) is 17.5. The van der Waals surface area contributed by atoms with Gasteiger partial charge in [0.2, 0.25) is 0 Å². The Bertz CT molecular complexity index is 631. The van der Waals surface area contributed by atoms with E-state index in [0.717, 1.165) is 20.3 Å². The Morgan fingerprint density at radius 1 is 0.667 bits per heavy atom. The predicted molar refractivity (Wildman–Crippen MR) is 92.1 cm³/mol. The van der Waals surface area contributed by atoms with Gasteiger partial charge >= 0.3 is 40.8 Å². The van der Waals surface area contributed by atoms with Crippen molar-refractivity contribution in [3.8, 4) is 0 Å². The van der Waals surface area contributed by atoms with Crippen molar-refractivity contribution in [2.24, 2.45) is 0 Å². The zero-order valence-electron chi connectivity index (χ0n) is 14.9. The van der Waals surface area contributed by atoms with E-state index in [4.69, 9.17) is 19.8 Å². The largest absolute Gasteiger partial charge is 3.00 e. The van der Waals surface area contributed by atoms with Gasteiger partial charge in [-0.15, -0.1) is 24.3 Å². The van der Waals surface area contributed by atoms with Gasteiger partial charge in [0, 0.05) is 11.9 Å². The molecule has 2 aromatic rings. The Hall–Kier alpha value is -2.10. The number of rotatable bonds is 4. The number of hydrogen-bond acceptors (Lipinski definition) is 6. The van der Waals surface area contributed by atoms with Crippen molar-refractivity contribution in [2.75, 3.05) is 0 Å². The molecular formula is C19H20NdO7+. The minimum atomic E-state index is -1.08. The molecule has 0 heterocycles. The van der Waals surface area contributed by atoms with Gasteiger partial charge in [0.05, 0.1) is 11.6 Å². The van der Waals surface area contributed by atoms with Crippen LogP contribution in [-0.2, 0) is 15.1 Å². The van der Waals surface area contributed by atoms with E-state index in [-0.39, 0.29) is 57.9 Å². The normalized spacial score (nSPS) is 7.93. The van der Waals surface area contributed by atoms with Crippen LogP contribution in [0.15, 0.2) is 60.7 Å². The van der Waals surface area contributed by atoms with Crippen molar-refractivity contribution >= 4 is 23.5 Å². The van der Waals surface area contributed by atoms with E-state index >= 15 is 0 Å². The molecule has 3 N–H and O–H groups in total. The molecule has 2 aromatic carbocycles. The summed E-state index contributed by atoms with van der Waals surface area (Å²) in [7, 11) is 0. The number of Topliss-reactive ketones (excluding diaryl/α,β-unsaturated/α-hetero) is 2. The molecule has 0 aromatic heterocycles. The number of benzene rings is 2. The van der Waals surface area contributed by atoms with Crippen molar-refractivity contribution in [3.63, 3.8) is 0 Å². The first-order chi connectivity index (χ1) is 11.7. The van der Waals surface area contributed by atoms with Gasteiger partial charge < -0.3 is 34.9 Å². The summed E-state index contributed by atoms with van der Waals surface area (Å²) in [5.41, 5.74) is 1.05. The molecule has 27 heavy (non-hydrogen) atoms. The zero-order chi connectivity index (χ0) is 19.2. The Morgan fingerprint density at radius 3 is 1.11 bits per heavy atom. The van der Waals surface area contributed by atoms with Crippen LogP contribution in [0.1, 0.15) is 34.6 Å². The second-order valence-electron chi connectivity index (χ2n) is 4.59. The molecule has 0 bridgehead atoms. The van der Waals surface area contributed by atoms with Gasteiger partial charge in [0.15, 0.2) is 0 Å². The minimum absolute atomic E-state index is 0. The first-order valence-electron chi connectivity index (χ1n) is 7.12. The number of carboxylic acid groups (broad SMARTS) is 2. The maximum absolute atomic E-state index is 11.8. The molecule has 8 heteroatoms. The third-order valence-corrected chi connectivity index (χ3v) is 2.38. The molecule has 0 spiro atoms. The Kier molecular flexibility index (Phi) is 19.0. The molecule has 7 nitrogen and oxygen atoms in total. The predicted octanol–water partition coefficient (Wildman–Crippen LogP) is -0.453. The Balaban J connectivity index is -0.000000495. The van der Waals surface area contributed by atoms with Crippen LogP contribution in [0.3, 0.4) is 0 Å². The molecule has 0 amide bonds. The Morgan fingerprint density at radius 2 is 0.889 bits per heavy atom. The third kappa shape index (κ3) is 17.1. The van der Waals surface area contributed by atoms with Crippen molar-refractivity contribution in [1.82, 2.24) is 0 Å². The maximum atomic E-state index is 11.8. The van der Waals surface area contributed by atoms with Gasteiger partial charge in [-0.05, 0) is 13.8 Å². The second-order valence-corrected chi connectivity index (χ2v) is 4.59. The number of carbonyl (C=O) groups is 4. The molecule has 0 aliphatic rings. The van der Waals surface area contributed by atoms with Gasteiger partial charge in [0.1, 0.15) is 0 Å². The van der Waals surface area contributed by atoms with Gasteiger partial charge in [-0.2, -0.15) is 0 Å².